The maximum atomic E-state index is 12.9. The molecule has 2 aromatic rings. The van der Waals surface area contributed by atoms with Gasteiger partial charge in [-0.15, -0.1) is 0 Å². The van der Waals surface area contributed by atoms with Crippen molar-refractivity contribution >= 4 is 44.2 Å². The zero-order valence-corrected chi connectivity index (χ0v) is 19.0. The van der Waals surface area contributed by atoms with Crippen LogP contribution in [0.15, 0.2) is 47.4 Å². The van der Waals surface area contributed by atoms with Crippen LogP contribution in [0.2, 0.25) is 0 Å². The highest BCUT2D eigenvalue weighted by molar-refractivity contribution is 14.1. The predicted octanol–water partition coefficient (Wildman–Crippen LogP) is 3.65. The van der Waals surface area contributed by atoms with Gasteiger partial charge in [0.2, 0.25) is 10.0 Å². The molecule has 0 saturated carbocycles. The Labute approximate surface area is 179 Å². The molecule has 150 valence electrons. The second kappa shape index (κ2) is 8.48. The number of aryl methyl sites for hydroxylation is 1. The Bertz CT molecular complexity index is 966. The van der Waals surface area contributed by atoms with Gasteiger partial charge in [-0.2, -0.15) is 4.31 Å². The van der Waals surface area contributed by atoms with Gasteiger partial charge in [-0.05, 0) is 91.4 Å². The molecule has 2 atom stereocenters. The maximum Gasteiger partial charge on any atom is 0.255 e. The fourth-order valence-corrected chi connectivity index (χ4v) is 5.45. The summed E-state index contributed by atoms with van der Waals surface area (Å²) in [6.45, 7) is 6.29. The number of hydrogen-bond donors (Lipinski definition) is 1. The molecule has 6 nitrogen and oxygen atoms in total. The third-order valence-electron chi connectivity index (χ3n) is 4.58. The monoisotopic (exact) mass is 514 g/mol. The van der Waals surface area contributed by atoms with Crippen molar-refractivity contribution in [2.24, 2.45) is 0 Å². The number of carbonyl (C=O) groups is 1. The molecule has 2 unspecified atom stereocenters. The van der Waals surface area contributed by atoms with Crippen LogP contribution in [0.1, 0.15) is 29.8 Å². The van der Waals surface area contributed by atoms with E-state index >= 15 is 0 Å². The van der Waals surface area contributed by atoms with Crippen molar-refractivity contribution in [2.45, 2.75) is 37.9 Å². The lowest BCUT2D eigenvalue weighted by atomic mass is 10.1. The second-order valence-corrected chi connectivity index (χ2v) is 10.2. The summed E-state index contributed by atoms with van der Waals surface area (Å²) in [4.78, 5) is 12.7. The van der Waals surface area contributed by atoms with E-state index < -0.39 is 10.0 Å². The van der Waals surface area contributed by atoms with Crippen molar-refractivity contribution < 1.29 is 17.9 Å². The summed E-state index contributed by atoms with van der Waals surface area (Å²) in [7, 11) is -3.62. The summed E-state index contributed by atoms with van der Waals surface area (Å²) in [6, 6.07) is 11.8. The first-order valence-electron chi connectivity index (χ1n) is 9.00. The number of sulfonamides is 1. The number of carbonyl (C=O) groups excluding carboxylic acids is 1. The fourth-order valence-electron chi connectivity index (χ4n) is 3.22. The first kappa shape index (κ1) is 21.2. The third-order valence-corrected chi connectivity index (χ3v) is 7.09. The fraction of sp³-hybridized carbons (Fsp3) is 0.350. The van der Waals surface area contributed by atoms with Crippen molar-refractivity contribution in [3.8, 4) is 0 Å². The molecular weight excluding hydrogens is 491 g/mol. The number of hydrogen-bond acceptors (Lipinski definition) is 4. The van der Waals surface area contributed by atoms with E-state index in [-0.39, 0.29) is 23.0 Å². The van der Waals surface area contributed by atoms with E-state index in [1.807, 2.05) is 39.0 Å². The van der Waals surface area contributed by atoms with E-state index in [2.05, 4.69) is 27.9 Å². The molecule has 8 heteroatoms. The number of rotatable bonds is 4. The summed E-state index contributed by atoms with van der Waals surface area (Å²) in [5, 5.41) is 2.87. The van der Waals surface area contributed by atoms with Gasteiger partial charge >= 0.3 is 0 Å². The summed E-state index contributed by atoms with van der Waals surface area (Å²) in [5.74, 6) is -0.276. The van der Waals surface area contributed by atoms with Crippen LogP contribution in [0.25, 0.3) is 0 Å². The summed E-state index contributed by atoms with van der Waals surface area (Å²) >= 11 is 2.22. The van der Waals surface area contributed by atoms with E-state index in [0.717, 1.165) is 14.8 Å². The lowest BCUT2D eigenvalue weighted by Gasteiger charge is -2.34. The number of nitrogens with zero attached hydrogens (tertiary/aromatic N) is 1. The van der Waals surface area contributed by atoms with Crippen LogP contribution in [-0.2, 0) is 14.8 Å². The number of amides is 1. The van der Waals surface area contributed by atoms with Crippen LogP contribution in [0.4, 0.5) is 5.69 Å². The number of halogens is 1. The van der Waals surface area contributed by atoms with Gasteiger partial charge in [0.1, 0.15) is 0 Å². The lowest BCUT2D eigenvalue weighted by Crippen LogP contribution is -2.48. The molecule has 0 aromatic heterocycles. The summed E-state index contributed by atoms with van der Waals surface area (Å²) in [5.41, 5.74) is 2.11. The van der Waals surface area contributed by atoms with Crippen LogP contribution >= 0.6 is 22.6 Å². The Morgan fingerprint density at radius 1 is 1.11 bits per heavy atom. The first-order valence-corrected chi connectivity index (χ1v) is 11.5. The third kappa shape index (κ3) is 4.73. The number of benzene rings is 2. The van der Waals surface area contributed by atoms with Crippen LogP contribution in [-0.4, -0.2) is 43.9 Å². The highest BCUT2D eigenvalue weighted by Gasteiger charge is 2.32. The Balaban J connectivity index is 1.76. The van der Waals surface area contributed by atoms with Gasteiger partial charge in [0, 0.05) is 27.9 Å². The van der Waals surface area contributed by atoms with E-state index in [9.17, 15) is 13.2 Å². The molecule has 2 aromatic carbocycles. The molecule has 28 heavy (non-hydrogen) atoms. The molecule has 0 radical (unpaired) electrons. The highest BCUT2D eigenvalue weighted by Crippen LogP contribution is 2.22. The average molecular weight is 514 g/mol. The molecule has 1 amide bonds. The van der Waals surface area contributed by atoms with Gasteiger partial charge < -0.3 is 10.1 Å². The highest BCUT2D eigenvalue weighted by atomic mass is 127. The molecule has 1 N–H and O–H groups in total. The molecule has 0 bridgehead atoms. The summed E-state index contributed by atoms with van der Waals surface area (Å²) < 4.78 is 33.9. The van der Waals surface area contributed by atoms with Crippen molar-refractivity contribution in [3.05, 3.63) is 57.2 Å². The van der Waals surface area contributed by atoms with E-state index in [1.54, 1.807) is 0 Å². The Kier molecular flexibility index (Phi) is 6.43. The molecule has 1 saturated heterocycles. The van der Waals surface area contributed by atoms with Gasteiger partial charge in [-0.25, -0.2) is 8.42 Å². The van der Waals surface area contributed by atoms with Crippen molar-refractivity contribution in [1.29, 1.82) is 0 Å². The van der Waals surface area contributed by atoms with Crippen LogP contribution in [0.3, 0.4) is 0 Å². The molecule has 1 fully saturated rings. The minimum Gasteiger partial charge on any atom is -0.373 e. The number of morpholine rings is 1. The SMILES string of the molecule is Cc1cc(I)ccc1NC(=O)c1ccc(S(=O)(=O)N2CC(C)OC(C)C2)cc1. The topological polar surface area (TPSA) is 75.7 Å². The lowest BCUT2D eigenvalue weighted by molar-refractivity contribution is -0.0440. The van der Waals surface area contributed by atoms with Crippen LogP contribution in [0.5, 0.6) is 0 Å². The maximum absolute atomic E-state index is 12.9. The van der Waals surface area contributed by atoms with Gasteiger partial charge in [-0.3, -0.25) is 4.79 Å². The van der Waals surface area contributed by atoms with Gasteiger partial charge in [0.05, 0.1) is 17.1 Å². The minimum absolute atomic E-state index is 0.152. The van der Waals surface area contributed by atoms with Gasteiger partial charge in [0.15, 0.2) is 0 Å². The first-order chi connectivity index (χ1) is 13.2. The normalized spacial score (nSPS) is 20.7. The predicted molar refractivity (Wildman–Crippen MR) is 117 cm³/mol. The Morgan fingerprint density at radius 2 is 1.71 bits per heavy atom. The molecule has 0 aliphatic carbocycles. The van der Waals surface area contributed by atoms with Gasteiger partial charge in [-0.1, -0.05) is 0 Å². The largest absolute Gasteiger partial charge is 0.373 e. The standard InChI is InChI=1S/C20H23IN2O4S/c1-13-10-17(21)6-9-19(13)22-20(24)16-4-7-18(8-5-16)28(25,26)23-11-14(2)27-15(3)12-23/h4-10,14-15H,11-12H2,1-3H3,(H,22,24). The number of anilines is 1. The quantitative estimate of drug-likeness (QED) is 0.633. The zero-order valence-electron chi connectivity index (χ0n) is 16.0. The summed E-state index contributed by atoms with van der Waals surface area (Å²) in [6.07, 6.45) is -0.304. The molecule has 1 aliphatic heterocycles. The van der Waals surface area contributed by atoms with Crippen molar-refractivity contribution in [3.63, 3.8) is 0 Å². The van der Waals surface area contributed by atoms with Gasteiger partial charge in [0.25, 0.3) is 5.91 Å². The molecular formula is C20H23IN2O4S. The van der Waals surface area contributed by atoms with E-state index in [0.29, 0.717) is 18.7 Å². The number of ether oxygens (including phenoxy) is 1. The van der Waals surface area contributed by atoms with Crippen molar-refractivity contribution in [2.75, 3.05) is 18.4 Å². The Morgan fingerprint density at radius 3 is 2.29 bits per heavy atom. The van der Waals surface area contributed by atoms with Crippen molar-refractivity contribution in [1.82, 2.24) is 4.31 Å². The average Bonchev–Trinajstić information content (AvgIpc) is 2.63. The molecule has 1 aliphatic rings. The van der Waals surface area contributed by atoms with E-state index in [4.69, 9.17) is 4.74 Å². The van der Waals surface area contributed by atoms with E-state index in [1.165, 1.54) is 28.6 Å². The smallest absolute Gasteiger partial charge is 0.255 e. The van der Waals surface area contributed by atoms with Crippen LogP contribution in [0, 0.1) is 10.5 Å². The minimum atomic E-state index is -3.62. The molecule has 0 spiro atoms. The van der Waals surface area contributed by atoms with Crippen LogP contribution < -0.4 is 5.32 Å². The molecule has 1 heterocycles. The second-order valence-electron chi connectivity index (χ2n) is 7.02. The Hall–Kier alpha value is -1.49. The number of nitrogens with one attached hydrogen (secondary N) is 1. The molecule has 3 rings (SSSR count). The zero-order chi connectivity index (χ0) is 20.5.